The molecule has 0 radical (unpaired) electrons. The van der Waals surface area contributed by atoms with Gasteiger partial charge >= 0.3 is 0 Å². The highest BCUT2D eigenvalue weighted by Gasteiger charge is 2.32. The minimum absolute atomic E-state index is 0.367. The minimum Gasteiger partial charge on any atom is -0.449 e. The number of aromatic nitrogens is 2. The van der Waals surface area contributed by atoms with Gasteiger partial charge in [0.1, 0.15) is 11.6 Å². The molecule has 2 aromatic rings. The maximum Gasteiger partial charge on any atom is 0.281 e. The molecule has 2 saturated heterocycles. The van der Waals surface area contributed by atoms with Crippen LogP contribution in [0.1, 0.15) is 25.2 Å². The Hall–Kier alpha value is -2.91. The third-order valence-electron chi connectivity index (χ3n) is 6.71. The number of piperazine rings is 1. The van der Waals surface area contributed by atoms with Crippen LogP contribution >= 0.6 is 0 Å². The summed E-state index contributed by atoms with van der Waals surface area (Å²) in [6.45, 7) is 9.38. The lowest BCUT2D eigenvalue weighted by Gasteiger charge is -2.35. The smallest absolute Gasteiger partial charge is 0.281 e. The Bertz CT molecular complexity index is 1310. The highest BCUT2D eigenvalue weighted by Crippen LogP contribution is 2.39. The molecule has 0 N–H and O–H groups in total. The van der Waals surface area contributed by atoms with E-state index < -0.39 is 16.0 Å². The number of rotatable bonds is 8. The average Bonchev–Trinajstić information content (AvgIpc) is 3.22. The van der Waals surface area contributed by atoms with Crippen molar-refractivity contribution in [2.45, 2.75) is 32.7 Å². The normalized spacial score (nSPS) is 20.3. The topological polar surface area (TPSA) is 125 Å². The highest BCUT2D eigenvalue weighted by atomic mass is 32.2. The summed E-state index contributed by atoms with van der Waals surface area (Å²) in [6, 6.07) is 7.60. The number of hydrogen-bond acceptors (Lipinski definition) is 11. The van der Waals surface area contributed by atoms with Crippen LogP contribution in [0.2, 0.25) is 0 Å². The molecule has 0 saturated carbocycles. The van der Waals surface area contributed by atoms with Gasteiger partial charge in [-0.1, -0.05) is 6.07 Å². The van der Waals surface area contributed by atoms with Gasteiger partial charge < -0.3 is 19.1 Å². The first-order chi connectivity index (χ1) is 18.6. The molecule has 1 aromatic carbocycles. The number of nitrogens with zero attached hydrogens (tertiary/aromatic N) is 8. The number of benzene rings is 1. The molecule has 4 heterocycles. The van der Waals surface area contributed by atoms with Crippen LogP contribution in [-0.4, -0.2) is 104 Å². The SMILES string of the molecule is CN(C)S(=O)(=O)N1CCN(Cc2nc(N=NCc3ccc4c(c3)OC(C)(C)O4)cc(N3CCOCC3)n2)CC1. The van der Waals surface area contributed by atoms with Crippen LogP contribution in [0.15, 0.2) is 34.5 Å². The number of morpholine rings is 1. The van der Waals surface area contributed by atoms with E-state index in [4.69, 9.17) is 19.2 Å². The molecule has 0 aliphatic carbocycles. The molecule has 1 aromatic heterocycles. The fourth-order valence-electron chi connectivity index (χ4n) is 4.65. The van der Waals surface area contributed by atoms with E-state index in [1.165, 1.54) is 8.61 Å². The fraction of sp³-hybridized carbons (Fsp3) is 0.600. The third-order valence-corrected chi connectivity index (χ3v) is 8.65. The molecule has 0 atom stereocenters. The van der Waals surface area contributed by atoms with E-state index in [0.717, 1.165) is 30.2 Å². The van der Waals surface area contributed by atoms with E-state index in [1.54, 1.807) is 14.1 Å². The molecule has 0 bridgehead atoms. The largest absolute Gasteiger partial charge is 0.449 e. The Balaban J connectivity index is 1.28. The second kappa shape index (κ2) is 11.3. The number of hydrogen-bond donors (Lipinski definition) is 0. The van der Waals surface area contributed by atoms with Crippen molar-refractivity contribution in [3.05, 3.63) is 35.7 Å². The second-order valence-electron chi connectivity index (χ2n) is 10.3. The van der Waals surface area contributed by atoms with Gasteiger partial charge in [-0.2, -0.15) is 22.1 Å². The molecule has 5 rings (SSSR count). The van der Waals surface area contributed by atoms with Crippen LogP contribution < -0.4 is 14.4 Å². The summed E-state index contributed by atoms with van der Waals surface area (Å²) < 4.78 is 44.8. The molecule has 0 unspecified atom stereocenters. The summed E-state index contributed by atoms with van der Waals surface area (Å²) in [5, 5.41) is 8.83. The summed E-state index contributed by atoms with van der Waals surface area (Å²) in [4.78, 5) is 13.8. The zero-order chi connectivity index (χ0) is 27.6. The first-order valence-corrected chi connectivity index (χ1v) is 14.5. The van der Waals surface area contributed by atoms with Gasteiger partial charge in [0.25, 0.3) is 10.2 Å². The van der Waals surface area contributed by atoms with Gasteiger partial charge in [0.05, 0.1) is 26.3 Å². The third kappa shape index (κ3) is 6.64. The molecule has 14 heteroatoms. The van der Waals surface area contributed by atoms with Gasteiger partial charge in [-0.25, -0.2) is 9.97 Å². The van der Waals surface area contributed by atoms with Crippen molar-refractivity contribution >= 4 is 21.8 Å². The number of azo groups is 1. The molecule has 3 aliphatic rings. The lowest BCUT2D eigenvalue weighted by molar-refractivity contribution is -0.0431. The zero-order valence-electron chi connectivity index (χ0n) is 22.9. The molecule has 13 nitrogen and oxygen atoms in total. The lowest BCUT2D eigenvalue weighted by atomic mass is 10.2. The van der Waals surface area contributed by atoms with Gasteiger partial charge in [0.2, 0.25) is 5.79 Å². The standard InChI is InChI=1S/C25H36N8O5S/c1-25(2)37-20-6-5-19(15-21(20)38-25)17-26-29-22-16-24(32-11-13-36-14-12-32)28-23(27-22)18-31-7-9-33(10-8-31)39(34,35)30(3)4/h5-6,15-16H,7-14,17-18H2,1-4H3. The van der Waals surface area contributed by atoms with Crippen LogP contribution in [0, 0.1) is 0 Å². The second-order valence-corrected chi connectivity index (χ2v) is 12.5. The quantitative estimate of drug-likeness (QED) is 0.446. The van der Waals surface area contributed by atoms with E-state index in [9.17, 15) is 8.42 Å². The molecule has 0 amide bonds. The van der Waals surface area contributed by atoms with Crippen LogP contribution in [0.3, 0.4) is 0 Å². The van der Waals surface area contributed by atoms with Crippen LogP contribution in [-0.2, 0) is 28.0 Å². The van der Waals surface area contributed by atoms with Gasteiger partial charge in [0.15, 0.2) is 17.3 Å². The van der Waals surface area contributed by atoms with Crippen molar-refractivity contribution < 1.29 is 22.6 Å². The van der Waals surface area contributed by atoms with Crippen LogP contribution in [0.5, 0.6) is 11.5 Å². The predicted octanol–water partition coefficient (Wildman–Crippen LogP) is 2.03. The van der Waals surface area contributed by atoms with Crippen molar-refractivity contribution in [2.75, 3.05) is 71.5 Å². The van der Waals surface area contributed by atoms with Gasteiger partial charge in [-0.15, -0.1) is 5.11 Å². The van der Waals surface area contributed by atoms with E-state index in [0.29, 0.717) is 69.9 Å². The van der Waals surface area contributed by atoms with E-state index >= 15 is 0 Å². The predicted molar refractivity (Wildman–Crippen MR) is 145 cm³/mol. The lowest BCUT2D eigenvalue weighted by Crippen LogP contribution is -2.51. The van der Waals surface area contributed by atoms with Gasteiger partial charge in [0, 0.05) is 73.3 Å². The molecular formula is C25H36N8O5S. The number of anilines is 1. The zero-order valence-corrected chi connectivity index (χ0v) is 23.7. The van der Waals surface area contributed by atoms with Crippen molar-refractivity contribution in [3.8, 4) is 11.5 Å². The van der Waals surface area contributed by atoms with Crippen molar-refractivity contribution in [1.29, 1.82) is 0 Å². The summed E-state index contributed by atoms with van der Waals surface area (Å²) in [6.07, 6.45) is 0. The number of ether oxygens (including phenoxy) is 3. The molecule has 0 spiro atoms. The number of fused-ring (bicyclic) bond motifs is 1. The fourth-order valence-corrected chi connectivity index (χ4v) is 5.74. The summed E-state index contributed by atoms with van der Waals surface area (Å²) in [7, 11) is -0.315. The van der Waals surface area contributed by atoms with Crippen LogP contribution in [0.25, 0.3) is 0 Å². The van der Waals surface area contributed by atoms with E-state index in [2.05, 4.69) is 25.0 Å². The maximum atomic E-state index is 12.5. The molecule has 2 fully saturated rings. The maximum absolute atomic E-state index is 12.5. The highest BCUT2D eigenvalue weighted by molar-refractivity contribution is 7.86. The van der Waals surface area contributed by atoms with Crippen molar-refractivity contribution in [2.24, 2.45) is 10.2 Å². The van der Waals surface area contributed by atoms with Crippen LogP contribution in [0.4, 0.5) is 11.6 Å². The molecule has 39 heavy (non-hydrogen) atoms. The van der Waals surface area contributed by atoms with Crippen molar-refractivity contribution in [1.82, 2.24) is 23.5 Å². The molecule has 212 valence electrons. The van der Waals surface area contributed by atoms with E-state index in [1.807, 2.05) is 38.1 Å². The van der Waals surface area contributed by atoms with E-state index in [-0.39, 0.29) is 0 Å². The first-order valence-electron chi connectivity index (χ1n) is 13.1. The molecular weight excluding hydrogens is 524 g/mol. The van der Waals surface area contributed by atoms with Gasteiger partial charge in [-0.05, 0) is 17.7 Å². The summed E-state index contributed by atoms with van der Waals surface area (Å²) in [5.41, 5.74) is 0.951. The Morgan fingerprint density at radius 1 is 0.974 bits per heavy atom. The monoisotopic (exact) mass is 560 g/mol. The van der Waals surface area contributed by atoms with Crippen molar-refractivity contribution in [3.63, 3.8) is 0 Å². The minimum atomic E-state index is -3.42. The Labute approximate surface area is 229 Å². The Kier molecular flexibility index (Phi) is 8.01. The Morgan fingerprint density at radius 3 is 2.41 bits per heavy atom. The molecule has 3 aliphatic heterocycles. The Morgan fingerprint density at radius 2 is 1.69 bits per heavy atom. The first kappa shape index (κ1) is 27.6. The average molecular weight is 561 g/mol. The van der Waals surface area contributed by atoms with Gasteiger partial charge in [-0.3, -0.25) is 4.90 Å². The summed E-state index contributed by atoms with van der Waals surface area (Å²) >= 11 is 0. The summed E-state index contributed by atoms with van der Waals surface area (Å²) in [5.74, 6) is 2.64.